The molecule has 0 aliphatic heterocycles. The fraction of sp³-hybridized carbons (Fsp3) is 0.909. The van der Waals surface area contributed by atoms with Crippen molar-refractivity contribution < 1.29 is 0 Å². The lowest BCUT2D eigenvalue weighted by molar-refractivity contribution is 0.353. The molecule has 5 heteroatoms. The zero-order chi connectivity index (χ0) is 11.0. The predicted molar refractivity (Wildman–Crippen MR) is 59.7 cm³/mol. The van der Waals surface area contributed by atoms with Crippen LogP contribution in [0.2, 0.25) is 0 Å². The number of tetrazole rings is 1. The Labute approximate surface area is 95.6 Å². The number of hydrogen-bond acceptors (Lipinski definition) is 4. The van der Waals surface area contributed by atoms with Crippen molar-refractivity contribution >= 4 is 0 Å². The molecule has 3 rings (SSSR count). The van der Waals surface area contributed by atoms with E-state index in [0.717, 1.165) is 12.4 Å². The zero-order valence-corrected chi connectivity index (χ0v) is 9.76. The summed E-state index contributed by atoms with van der Waals surface area (Å²) in [5.74, 6) is 1.72. The first-order chi connectivity index (χ1) is 7.84. The minimum absolute atomic E-state index is 0.519. The second kappa shape index (κ2) is 4.13. The van der Waals surface area contributed by atoms with Crippen LogP contribution in [0.15, 0.2) is 0 Å². The SMILES string of the molecule is CC1CCCC1n1nnnc1CNC1CC1. The van der Waals surface area contributed by atoms with Crippen LogP contribution < -0.4 is 5.32 Å². The van der Waals surface area contributed by atoms with Crippen LogP contribution in [-0.4, -0.2) is 26.2 Å². The third kappa shape index (κ3) is 1.96. The average Bonchev–Trinajstić information content (AvgIpc) is 2.83. The number of rotatable bonds is 4. The number of nitrogens with zero attached hydrogens (tertiary/aromatic N) is 4. The summed E-state index contributed by atoms with van der Waals surface area (Å²) in [7, 11) is 0. The van der Waals surface area contributed by atoms with Crippen molar-refractivity contribution in [3.05, 3.63) is 5.82 Å². The monoisotopic (exact) mass is 221 g/mol. The molecule has 2 saturated carbocycles. The maximum Gasteiger partial charge on any atom is 0.165 e. The van der Waals surface area contributed by atoms with Gasteiger partial charge in [0, 0.05) is 6.04 Å². The Kier molecular flexibility index (Phi) is 2.63. The molecule has 5 nitrogen and oxygen atoms in total. The first kappa shape index (κ1) is 10.2. The van der Waals surface area contributed by atoms with Crippen molar-refractivity contribution in [2.45, 2.75) is 57.7 Å². The Bertz CT molecular complexity index is 357. The van der Waals surface area contributed by atoms with Crippen molar-refractivity contribution in [3.8, 4) is 0 Å². The van der Waals surface area contributed by atoms with Gasteiger partial charge in [-0.2, -0.15) is 0 Å². The number of aromatic nitrogens is 4. The molecule has 1 aromatic rings. The summed E-state index contributed by atoms with van der Waals surface area (Å²) in [6, 6.07) is 1.23. The minimum atomic E-state index is 0.519. The highest BCUT2D eigenvalue weighted by atomic mass is 15.6. The fourth-order valence-electron chi connectivity index (χ4n) is 2.60. The van der Waals surface area contributed by atoms with Gasteiger partial charge in [0.05, 0.1) is 12.6 Å². The van der Waals surface area contributed by atoms with Crippen LogP contribution in [0.5, 0.6) is 0 Å². The Morgan fingerprint density at radius 1 is 1.31 bits per heavy atom. The zero-order valence-electron chi connectivity index (χ0n) is 9.76. The largest absolute Gasteiger partial charge is 0.307 e. The minimum Gasteiger partial charge on any atom is -0.307 e. The molecular formula is C11H19N5. The Balaban J connectivity index is 1.70. The molecule has 1 aromatic heterocycles. The standard InChI is InChI=1S/C11H19N5/c1-8-3-2-4-10(8)16-11(13-14-15-16)7-12-9-5-6-9/h8-10,12H,2-7H2,1H3. The van der Waals surface area contributed by atoms with Gasteiger partial charge in [-0.05, 0) is 42.0 Å². The molecule has 2 aliphatic rings. The van der Waals surface area contributed by atoms with E-state index in [1.807, 2.05) is 4.68 Å². The molecule has 0 aromatic carbocycles. The summed E-state index contributed by atoms with van der Waals surface area (Å²) >= 11 is 0. The van der Waals surface area contributed by atoms with Gasteiger partial charge in [-0.25, -0.2) is 4.68 Å². The topological polar surface area (TPSA) is 55.6 Å². The quantitative estimate of drug-likeness (QED) is 0.832. The van der Waals surface area contributed by atoms with Crippen molar-refractivity contribution in [1.82, 2.24) is 25.5 Å². The highest BCUT2D eigenvalue weighted by Gasteiger charge is 2.28. The Morgan fingerprint density at radius 3 is 2.88 bits per heavy atom. The van der Waals surface area contributed by atoms with E-state index in [-0.39, 0.29) is 0 Å². The highest BCUT2D eigenvalue weighted by Crippen LogP contribution is 2.35. The van der Waals surface area contributed by atoms with E-state index in [4.69, 9.17) is 0 Å². The molecule has 88 valence electrons. The molecule has 0 spiro atoms. The smallest absolute Gasteiger partial charge is 0.165 e. The number of nitrogens with one attached hydrogen (secondary N) is 1. The van der Waals surface area contributed by atoms with Crippen LogP contribution in [0.25, 0.3) is 0 Å². The van der Waals surface area contributed by atoms with Crippen LogP contribution in [-0.2, 0) is 6.54 Å². The third-order valence-corrected chi connectivity index (χ3v) is 3.82. The summed E-state index contributed by atoms with van der Waals surface area (Å²) < 4.78 is 2.05. The summed E-state index contributed by atoms with van der Waals surface area (Å²) in [4.78, 5) is 0. The lowest BCUT2D eigenvalue weighted by Crippen LogP contribution is -2.22. The third-order valence-electron chi connectivity index (χ3n) is 3.82. The molecule has 1 heterocycles. The van der Waals surface area contributed by atoms with E-state index >= 15 is 0 Å². The van der Waals surface area contributed by atoms with Gasteiger partial charge in [0.15, 0.2) is 5.82 Å². The van der Waals surface area contributed by atoms with Crippen LogP contribution >= 0.6 is 0 Å². The van der Waals surface area contributed by atoms with Gasteiger partial charge in [-0.3, -0.25) is 0 Å². The van der Waals surface area contributed by atoms with Crippen LogP contribution in [0.4, 0.5) is 0 Å². The lowest BCUT2D eigenvalue weighted by atomic mass is 10.1. The van der Waals surface area contributed by atoms with E-state index in [9.17, 15) is 0 Å². The average molecular weight is 221 g/mol. The first-order valence-corrected chi connectivity index (χ1v) is 6.34. The second-order valence-corrected chi connectivity index (χ2v) is 5.17. The molecule has 2 atom stereocenters. The van der Waals surface area contributed by atoms with Crippen molar-refractivity contribution in [2.75, 3.05) is 0 Å². The molecular weight excluding hydrogens is 202 g/mol. The Hall–Kier alpha value is -0.970. The maximum absolute atomic E-state index is 4.16. The van der Waals surface area contributed by atoms with E-state index in [2.05, 4.69) is 27.8 Å². The molecule has 0 bridgehead atoms. The fourth-order valence-corrected chi connectivity index (χ4v) is 2.60. The van der Waals surface area contributed by atoms with Gasteiger partial charge in [-0.1, -0.05) is 13.3 Å². The molecule has 16 heavy (non-hydrogen) atoms. The summed E-state index contributed by atoms with van der Waals surface area (Å²) in [5.41, 5.74) is 0. The van der Waals surface area contributed by atoms with E-state index < -0.39 is 0 Å². The van der Waals surface area contributed by atoms with Gasteiger partial charge in [-0.15, -0.1) is 5.10 Å². The van der Waals surface area contributed by atoms with Crippen molar-refractivity contribution in [2.24, 2.45) is 5.92 Å². The summed E-state index contributed by atoms with van der Waals surface area (Å²) in [5, 5.41) is 15.6. The van der Waals surface area contributed by atoms with Crippen molar-refractivity contribution in [1.29, 1.82) is 0 Å². The van der Waals surface area contributed by atoms with Gasteiger partial charge in [0.25, 0.3) is 0 Å². The molecule has 0 radical (unpaired) electrons. The first-order valence-electron chi connectivity index (χ1n) is 6.34. The Morgan fingerprint density at radius 2 is 2.19 bits per heavy atom. The normalized spacial score (nSPS) is 29.8. The maximum atomic E-state index is 4.16. The van der Waals surface area contributed by atoms with Gasteiger partial charge in [0.2, 0.25) is 0 Å². The summed E-state index contributed by atoms with van der Waals surface area (Å²) in [6.07, 6.45) is 6.45. The summed E-state index contributed by atoms with van der Waals surface area (Å²) in [6.45, 7) is 3.12. The van der Waals surface area contributed by atoms with Gasteiger partial charge in [0.1, 0.15) is 0 Å². The predicted octanol–water partition coefficient (Wildman–Crippen LogP) is 1.29. The van der Waals surface area contributed by atoms with E-state index in [0.29, 0.717) is 18.0 Å². The van der Waals surface area contributed by atoms with Gasteiger partial charge < -0.3 is 5.32 Å². The van der Waals surface area contributed by atoms with E-state index in [1.165, 1.54) is 32.1 Å². The second-order valence-electron chi connectivity index (χ2n) is 5.17. The molecule has 0 saturated heterocycles. The molecule has 2 unspecified atom stereocenters. The lowest BCUT2D eigenvalue weighted by Gasteiger charge is -2.16. The molecule has 1 N–H and O–H groups in total. The van der Waals surface area contributed by atoms with E-state index in [1.54, 1.807) is 0 Å². The van der Waals surface area contributed by atoms with Crippen LogP contribution in [0.3, 0.4) is 0 Å². The molecule has 2 aliphatic carbocycles. The number of hydrogen-bond donors (Lipinski definition) is 1. The van der Waals surface area contributed by atoms with Crippen LogP contribution in [0.1, 0.15) is 50.9 Å². The molecule has 0 amide bonds. The molecule has 2 fully saturated rings. The van der Waals surface area contributed by atoms with Crippen LogP contribution in [0, 0.1) is 5.92 Å². The van der Waals surface area contributed by atoms with Gasteiger partial charge >= 0.3 is 0 Å². The van der Waals surface area contributed by atoms with Crippen molar-refractivity contribution in [3.63, 3.8) is 0 Å². The highest BCUT2D eigenvalue weighted by molar-refractivity contribution is 4.91.